The number of carbonyl (C=O) groups excluding carboxylic acids is 1. The van der Waals surface area contributed by atoms with Crippen molar-refractivity contribution in [3.05, 3.63) is 36.0 Å². The zero-order chi connectivity index (χ0) is 13.9. The summed E-state index contributed by atoms with van der Waals surface area (Å²) in [6.07, 6.45) is 5.94. The maximum atomic E-state index is 12.3. The van der Waals surface area contributed by atoms with Crippen LogP contribution in [0.1, 0.15) is 49.5 Å². The van der Waals surface area contributed by atoms with Crippen molar-refractivity contribution in [1.29, 1.82) is 0 Å². The molecule has 2 N–H and O–H groups in total. The minimum absolute atomic E-state index is 0.0285. The van der Waals surface area contributed by atoms with Crippen LogP contribution >= 0.6 is 0 Å². The summed E-state index contributed by atoms with van der Waals surface area (Å²) in [5.41, 5.74) is 1.69. The fourth-order valence-electron chi connectivity index (χ4n) is 3.09. The van der Waals surface area contributed by atoms with E-state index in [0.29, 0.717) is 11.7 Å². The van der Waals surface area contributed by atoms with Crippen LogP contribution in [0.2, 0.25) is 0 Å². The van der Waals surface area contributed by atoms with Gasteiger partial charge < -0.3 is 10.3 Å². The van der Waals surface area contributed by atoms with Crippen molar-refractivity contribution in [2.24, 2.45) is 5.92 Å². The number of rotatable bonds is 2. The van der Waals surface area contributed by atoms with Gasteiger partial charge in [0.1, 0.15) is 5.69 Å². The normalized spacial score (nSPS) is 23.4. The molecule has 3 nitrogen and oxygen atoms in total. The average Bonchev–Trinajstić information content (AvgIpc) is 2.78. The monoisotopic (exact) mass is 270 g/mol. The zero-order valence-electron chi connectivity index (χ0n) is 12.0. The number of H-pyrrole nitrogens is 1. The number of carbonyl (C=O) groups is 1. The molecule has 1 saturated carbocycles. The zero-order valence-corrected chi connectivity index (χ0v) is 12.0. The molecule has 3 rings (SSSR count). The Labute approximate surface area is 119 Å². The molecule has 0 aliphatic heterocycles. The van der Waals surface area contributed by atoms with E-state index >= 15 is 0 Å². The first-order chi connectivity index (χ1) is 9.72. The lowest BCUT2D eigenvalue weighted by Crippen LogP contribution is -2.34. The predicted octanol–water partition coefficient (Wildman–Crippen LogP) is 3.87. The molecule has 1 heterocycles. The van der Waals surface area contributed by atoms with Gasteiger partial charge in [0, 0.05) is 16.9 Å². The van der Waals surface area contributed by atoms with Gasteiger partial charge in [0.05, 0.1) is 0 Å². The van der Waals surface area contributed by atoms with Gasteiger partial charge in [0.2, 0.25) is 0 Å². The first kappa shape index (κ1) is 13.2. The molecule has 1 aliphatic rings. The first-order valence-electron chi connectivity index (χ1n) is 7.61. The summed E-state index contributed by atoms with van der Waals surface area (Å²) in [5.74, 6) is 0.825. The van der Waals surface area contributed by atoms with Crippen molar-refractivity contribution in [1.82, 2.24) is 10.3 Å². The van der Waals surface area contributed by atoms with Crippen LogP contribution in [0.3, 0.4) is 0 Å². The summed E-state index contributed by atoms with van der Waals surface area (Å²) in [6.45, 7) is 2.31. The summed E-state index contributed by atoms with van der Waals surface area (Å²) in [5, 5.41) is 4.28. The van der Waals surface area contributed by atoms with Gasteiger partial charge in [-0.2, -0.15) is 0 Å². The number of amides is 1. The molecule has 1 aromatic carbocycles. The third-order valence-electron chi connectivity index (χ3n) is 4.37. The molecular formula is C17H22N2O. The topological polar surface area (TPSA) is 44.9 Å². The highest BCUT2D eigenvalue weighted by molar-refractivity contribution is 5.98. The Morgan fingerprint density at radius 1 is 1.20 bits per heavy atom. The smallest absolute Gasteiger partial charge is 0.267 e. The summed E-state index contributed by atoms with van der Waals surface area (Å²) < 4.78 is 0. The van der Waals surface area contributed by atoms with Crippen molar-refractivity contribution in [2.45, 2.75) is 45.1 Å². The SMILES string of the molecule is CC1CCCC(NC(=O)c2cc3ccccc3[nH]2)CC1. The lowest BCUT2D eigenvalue weighted by Gasteiger charge is -2.15. The number of nitrogens with one attached hydrogen (secondary N) is 2. The minimum Gasteiger partial charge on any atom is -0.351 e. The maximum absolute atomic E-state index is 12.3. The van der Waals surface area contributed by atoms with E-state index < -0.39 is 0 Å². The molecule has 1 amide bonds. The van der Waals surface area contributed by atoms with Crippen LogP contribution in [0.25, 0.3) is 10.9 Å². The molecule has 0 radical (unpaired) electrons. The van der Waals surface area contributed by atoms with Crippen molar-refractivity contribution < 1.29 is 4.79 Å². The second kappa shape index (κ2) is 5.70. The van der Waals surface area contributed by atoms with Crippen LogP contribution < -0.4 is 5.32 Å². The quantitative estimate of drug-likeness (QED) is 0.799. The fraction of sp³-hybridized carbons (Fsp3) is 0.471. The molecule has 1 fully saturated rings. The summed E-state index contributed by atoms with van der Waals surface area (Å²) in [6, 6.07) is 10.3. The standard InChI is InChI=1S/C17H22N2O/c1-12-5-4-7-14(10-9-12)18-17(20)16-11-13-6-2-3-8-15(13)19-16/h2-3,6,8,11-12,14,19H,4-5,7,9-10H2,1H3,(H,18,20). The lowest BCUT2D eigenvalue weighted by atomic mass is 10.0. The summed E-state index contributed by atoms with van der Waals surface area (Å²) in [4.78, 5) is 15.5. The largest absolute Gasteiger partial charge is 0.351 e. The number of benzene rings is 1. The highest BCUT2D eigenvalue weighted by atomic mass is 16.1. The van der Waals surface area contributed by atoms with E-state index in [1.807, 2.05) is 30.3 Å². The van der Waals surface area contributed by atoms with Gasteiger partial charge in [-0.1, -0.05) is 38.0 Å². The van der Waals surface area contributed by atoms with E-state index in [4.69, 9.17) is 0 Å². The Morgan fingerprint density at radius 3 is 2.90 bits per heavy atom. The van der Waals surface area contributed by atoms with Crippen molar-refractivity contribution in [3.63, 3.8) is 0 Å². The molecule has 1 aromatic heterocycles. The fourth-order valence-corrected chi connectivity index (χ4v) is 3.09. The number of fused-ring (bicyclic) bond motifs is 1. The summed E-state index contributed by atoms with van der Waals surface area (Å²) >= 11 is 0. The van der Waals surface area contributed by atoms with E-state index in [2.05, 4.69) is 17.2 Å². The van der Waals surface area contributed by atoms with Gasteiger partial charge in [-0.15, -0.1) is 0 Å². The predicted molar refractivity (Wildman–Crippen MR) is 81.8 cm³/mol. The van der Waals surface area contributed by atoms with Crippen LogP contribution in [0.15, 0.2) is 30.3 Å². The molecule has 3 heteroatoms. The highest BCUT2D eigenvalue weighted by Crippen LogP contribution is 2.23. The lowest BCUT2D eigenvalue weighted by molar-refractivity contribution is 0.0929. The highest BCUT2D eigenvalue weighted by Gasteiger charge is 2.19. The van der Waals surface area contributed by atoms with Crippen molar-refractivity contribution >= 4 is 16.8 Å². The van der Waals surface area contributed by atoms with E-state index in [0.717, 1.165) is 29.7 Å². The summed E-state index contributed by atoms with van der Waals surface area (Å²) in [7, 11) is 0. The molecule has 2 unspecified atom stereocenters. The number of hydrogen-bond donors (Lipinski definition) is 2. The number of hydrogen-bond acceptors (Lipinski definition) is 1. The number of aromatic nitrogens is 1. The first-order valence-corrected chi connectivity index (χ1v) is 7.61. The van der Waals surface area contributed by atoms with Gasteiger partial charge in [-0.3, -0.25) is 4.79 Å². The molecule has 2 atom stereocenters. The van der Waals surface area contributed by atoms with Gasteiger partial charge in [-0.05, 0) is 37.3 Å². The molecule has 0 spiro atoms. The van der Waals surface area contributed by atoms with Crippen LogP contribution in [0.4, 0.5) is 0 Å². The third kappa shape index (κ3) is 2.87. The van der Waals surface area contributed by atoms with Crippen molar-refractivity contribution in [2.75, 3.05) is 0 Å². The Morgan fingerprint density at radius 2 is 2.05 bits per heavy atom. The van der Waals surface area contributed by atoms with Gasteiger partial charge in [-0.25, -0.2) is 0 Å². The molecular weight excluding hydrogens is 248 g/mol. The Kier molecular flexibility index (Phi) is 3.77. The van der Waals surface area contributed by atoms with E-state index in [1.54, 1.807) is 0 Å². The molecule has 2 aromatic rings. The molecule has 0 bridgehead atoms. The molecule has 20 heavy (non-hydrogen) atoms. The Hall–Kier alpha value is -1.77. The second-order valence-electron chi connectivity index (χ2n) is 6.05. The van der Waals surface area contributed by atoms with Crippen molar-refractivity contribution in [3.8, 4) is 0 Å². The maximum Gasteiger partial charge on any atom is 0.267 e. The Bertz CT molecular complexity index is 569. The van der Waals surface area contributed by atoms with Gasteiger partial charge >= 0.3 is 0 Å². The van der Waals surface area contributed by atoms with Gasteiger partial charge in [0.25, 0.3) is 5.91 Å². The van der Waals surface area contributed by atoms with Crippen LogP contribution in [0.5, 0.6) is 0 Å². The number of aromatic amines is 1. The third-order valence-corrected chi connectivity index (χ3v) is 4.37. The number of para-hydroxylation sites is 1. The van der Waals surface area contributed by atoms with Gasteiger partial charge in [0.15, 0.2) is 0 Å². The Balaban J connectivity index is 1.69. The second-order valence-corrected chi connectivity index (χ2v) is 6.05. The minimum atomic E-state index is 0.0285. The van der Waals surface area contributed by atoms with Crippen LogP contribution in [-0.2, 0) is 0 Å². The molecule has 106 valence electrons. The van der Waals surface area contributed by atoms with Crippen LogP contribution in [0, 0.1) is 5.92 Å². The van der Waals surface area contributed by atoms with E-state index in [1.165, 1.54) is 19.3 Å². The van der Waals surface area contributed by atoms with Crippen LogP contribution in [-0.4, -0.2) is 16.9 Å². The molecule has 0 saturated heterocycles. The molecule has 1 aliphatic carbocycles. The van der Waals surface area contributed by atoms with E-state index in [9.17, 15) is 4.79 Å². The average molecular weight is 270 g/mol. The van der Waals surface area contributed by atoms with E-state index in [-0.39, 0.29) is 5.91 Å².